The number of carbonyl (C=O) groups excluding carboxylic acids is 1. The fourth-order valence-electron chi connectivity index (χ4n) is 5.31. The summed E-state index contributed by atoms with van der Waals surface area (Å²) in [6.07, 6.45) is 6.56. The van der Waals surface area contributed by atoms with Gasteiger partial charge in [0.1, 0.15) is 5.69 Å². The minimum atomic E-state index is -0.486. The Morgan fingerprint density at radius 3 is 2.42 bits per heavy atom. The van der Waals surface area contributed by atoms with Crippen molar-refractivity contribution in [3.63, 3.8) is 0 Å². The van der Waals surface area contributed by atoms with Crippen molar-refractivity contribution in [1.29, 1.82) is 0 Å². The first-order chi connectivity index (χ1) is 17.1. The number of nitrogens with zero attached hydrogens (tertiary/aromatic N) is 6. The molecule has 4 rings (SSSR count). The van der Waals surface area contributed by atoms with E-state index in [0.29, 0.717) is 18.5 Å². The largest absolute Gasteiger partial charge is 0.373 e. The lowest BCUT2D eigenvalue weighted by atomic mass is 9.91. The van der Waals surface area contributed by atoms with Crippen LogP contribution in [0.4, 0.5) is 23.1 Å². The zero-order valence-electron chi connectivity index (χ0n) is 23.1. The lowest BCUT2D eigenvalue weighted by Crippen LogP contribution is -2.45. The van der Waals surface area contributed by atoms with Crippen LogP contribution in [0.1, 0.15) is 58.1 Å². The Labute approximate surface area is 216 Å². The highest BCUT2D eigenvalue weighted by Crippen LogP contribution is 2.40. The van der Waals surface area contributed by atoms with E-state index in [2.05, 4.69) is 77.3 Å². The van der Waals surface area contributed by atoms with Gasteiger partial charge in [0, 0.05) is 45.5 Å². The highest BCUT2D eigenvalue weighted by molar-refractivity contribution is 6.00. The molecule has 2 heterocycles. The minimum Gasteiger partial charge on any atom is -0.373 e. The van der Waals surface area contributed by atoms with E-state index in [1.54, 1.807) is 11.1 Å². The molecule has 0 radical (unpaired) electrons. The van der Waals surface area contributed by atoms with Gasteiger partial charge in [-0.1, -0.05) is 25.0 Å². The van der Waals surface area contributed by atoms with Gasteiger partial charge in [-0.15, -0.1) is 0 Å². The maximum atomic E-state index is 13.2. The van der Waals surface area contributed by atoms with Gasteiger partial charge in [-0.3, -0.25) is 4.79 Å². The molecule has 1 aromatic heterocycles. The smallest absolute Gasteiger partial charge is 0.234 e. The maximum Gasteiger partial charge on any atom is 0.234 e. The number of hydrogen-bond donors (Lipinski definition) is 1. The number of hydrogen-bond acceptors (Lipinski definition) is 7. The van der Waals surface area contributed by atoms with Crippen molar-refractivity contribution < 1.29 is 4.79 Å². The predicted octanol–water partition coefficient (Wildman–Crippen LogP) is 4.40. The first-order valence-corrected chi connectivity index (χ1v) is 13.2. The number of fused-ring (bicyclic) bond motifs is 1. The van der Waals surface area contributed by atoms with Crippen LogP contribution in [-0.2, 0) is 4.79 Å². The number of aromatic nitrogens is 2. The Kier molecular flexibility index (Phi) is 7.73. The highest BCUT2D eigenvalue weighted by atomic mass is 16.2. The molecule has 1 aliphatic heterocycles. The van der Waals surface area contributed by atoms with E-state index in [4.69, 9.17) is 4.98 Å². The summed E-state index contributed by atoms with van der Waals surface area (Å²) in [4.78, 5) is 31.4. The molecule has 0 saturated heterocycles. The molecule has 0 unspecified atom stereocenters. The number of anilines is 4. The number of rotatable bonds is 8. The maximum absolute atomic E-state index is 13.2. The molecule has 1 aliphatic carbocycles. The van der Waals surface area contributed by atoms with Gasteiger partial charge in [-0.2, -0.15) is 4.98 Å². The Morgan fingerprint density at radius 2 is 1.78 bits per heavy atom. The average Bonchev–Trinajstić information content (AvgIpc) is 3.37. The molecule has 8 nitrogen and oxygen atoms in total. The number of nitrogens with one attached hydrogen (secondary N) is 1. The molecule has 1 N–H and O–H groups in total. The topological polar surface area (TPSA) is 67.8 Å². The highest BCUT2D eigenvalue weighted by Gasteiger charge is 2.41. The summed E-state index contributed by atoms with van der Waals surface area (Å²) < 4.78 is 0. The van der Waals surface area contributed by atoms with Crippen LogP contribution >= 0.6 is 0 Å². The Hall–Kier alpha value is -2.87. The summed E-state index contributed by atoms with van der Waals surface area (Å²) >= 11 is 0. The van der Waals surface area contributed by atoms with Crippen molar-refractivity contribution in [2.24, 2.45) is 5.41 Å². The zero-order chi connectivity index (χ0) is 26.0. The molecule has 8 heteroatoms. The van der Waals surface area contributed by atoms with Crippen molar-refractivity contribution in [1.82, 2.24) is 14.9 Å². The fraction of sp³-hybridized carbons (Fsp3) is 0.607. The van der Waals surface area contributed by atoms with Crippen LogP contribution < -0.4 is 20.0 Å². The van der Waals surface area contributed by atoms with Crippen LogP contribution in [-0.4, -0.2) is 74.6 Å². The molecule has 2 aromatic rings. The number of likely N-dealkylation sites (N-methyl/N-ethyl adjacent to an activating group) is 2. The fourth-order valence-corrected chi connectivity index (χ4v) is 5.31. The normalized spacial score (nSPS) is 18.8. The van der Waals surface area contributed by atoms with E-state index >= 15 is 0 Å². The molecule has 2 aliphatic rings. The summed E-state index contributed by atoms with van der Waals surface area (Å²) in [5.74, 6) is 1.57. The summed E-state index contributed by atoms with van der Waals surface area (Å²) in [6.45, 7) is 8.87. The summed E-state index contributed by atoms with van der Waals surface area (Å²) in [7, 11) is 8.16. The lowest BCUT2D eigenvalue weighted by Gasteiger charge is -2.34. The second-order valence-corrected chi connectivity index (χ2v) is 11.4. The average molecular weight is 494 g/mol. The van der Waals surface area contributed by atoms with E-state index in [0.717, 1.165) is 37.4 Å². The minimum absolute atomic E-state index is 0.0469. The third-order valence-electron chi connectivity index (χ3n) is 7.66. The van der Waals surface area contributed by atoms with Gasteiger partial charge in [0.2, 0.25) is 11.9 Å². The monoisotopic (exact) mass is 493 g/mol. The van der Waals surface area contributed by atoms with Crippen LogP contribution in [0.2, 0.25) is 0 Å². The van der Waals surface area contributed by atoms with Gasteiger partial charge in [0.25, 0.3) is 0 Å². The molecule has 1 fully saturated rings. The molecule has 0 spiro atoms. The van der Waals surface area contributed by atoms with Crippen molar-refractivity contribution in [3.05, 3.63) is 36.0 Å². The third kappa shape index (κ3) is 5.59. The lowest BCUT2D eigenvalue weighted by molar-refractivity contribution is -0.125. The molecule has 1 atom stereocenters. The van der Waals surface area contributed by atoms with Gasteiger partial charge in [0.05, 0.1) is 17.7 Å². The van der Waals surface area contributed by atoms with E-state index < -0.39 is 5.41 Å². The molecule has 0 bridgehead atoms. The third-order valence-corrected chi connectivity index (χ3v) is 7.66. The van der Waals surface area contributed by atoms with E-state index in [1.165, 1.54) is 24.1 Å². The van der Waals surface area contributed by atoms with Crippen molar-refractivity contribution >= 4 is 29.0 Å². The van der Waals surface area contributed by atoms with Gasteiger partial charge in [0.15, 0.2) is 5.82 Å². The summed E-state index contributed by atoms with van der Waals surface area (Å²) in [5.41, 5.74) is 2.69. The predicted molar refractivity (Wildman–Crippen MR) is 149 cm³/mol. The SMILES string of the molecule is C[C@H](Nc1ncc2c(n1)N(C1CCCC1)CC(C)(C)C(=O)N2C)c1ccc(N(C)CCN(C)C)cc1. The zero-order valence-corrected chi connectivity index (χ0v) is 23.1. The van der Waals surface area contributed by atoms with Crippen molar-refractivity contribution in [2.75, 3.05) is 67.8 Å². The van der Waals surface area contributed by atoms with Crippen LogP contribution in [0.5, 0.6) is 0 Å². The molecular formula is C28H43N7O. The summed E-state index contributed by atoms with van der Waals surface area (Å²) in [5, 5.41) is 3.50. The summed E-state index contributed by atoms with van der Waals surface area (Å²) in [6, 6.07) is 9.15. The second-order valence-electron chi connectivity index (χ2n) is 11.4. The first kappa shape index (κ1) is 26.2. The second kappa shape index (κ2) is 10.6. The number of benzene rings is 1. The van der Waals surface area contributed by atoms with Crippen LogP contribution in [0.3, 0.4) is 0 Å². The molecule has 36 heavy (non-hydrogen) atoms. The molecule has 1 saturated carbocycles. The van der Waals surface area contributed by atoms with Gasteiger partial charge in [-0.05, 0) is 65.4 Å². The Morgan fingerprint density at radius 1 is 1.11 bits per heavy atom. The van der Waals surface area contributed by atoms with E-state index in [-0.39, 0.29) is 11.9 Å². The Balaban J connectivity index is 1.54. The van der Waals surface area contributed by atoms with Gasteiger partial charge >= 0.3 is 0 Å². The van der Waals surface area contributed by atoms with Crippen molar-refractivity contribution in [3.8, 4) is 0 Å². The van der Waals surface area contributed by atoms with E-state index in [1.807, 2.05) is 20.9 Å². The molecule has 1 amide bonds. The van der Waals surface area contributed by atoms with Crippen LogP contribution in [0, 0.1) is 5.41 Å². The van der Waals surface area contributed by atoms with Crippen LogP contribution in [0.15, 0.2) is 30.5 Å². The molecular weight excluding hydrogens is 450 g/mol. The number of carbonyl (C=O) groups is 1. The molecule has 1 aromatic carbocycles. The van der Waals surface area contributed by atoms with Gasteiger partial charge in [-0.25, -0.2) is 4.98 Å². The molecule has 196 valence electrons. The van der Waals surface area contributed by atoms with Gasteiger partial charge < -0.3 is 24.9 Å². The first-order valence-electron chi connectivity index (χ1n) is 13.2. The van der Waals surface area contributed by atoms with Crippen molar-refractivity contribution in [2.45, 2.75) is 58.5 Å². The van der Waals surface area contributed by atoms with Crippen LogP contribution in [0.25, 0.3) is 0 Å². The standard InChI is InChI=1S/C28H43N7O/c1-20(21-12-14-22(15-13-21)33(6)17-16-32(4)5)30-27-29-18-24-25(31-27)35(23-10-8-9-11-23)19-28(2,3)26(36)34(24)7/h12-15,18,20,23H,8-11,16-17,19H2,1-7H3,(H,29,30,31)/t20-/m0/s1. The quantitative estimate of drug-likeness (QED) is 0.585. The van der Waals surface area contributed by atoms with E-state index in [9.17, 15) is 4.79 Å². The Bertz CT molecular complexity index is 1050. The number of amides is 1.